The zero-order valence-electron chi connectivity index (χ0n) is 7.18. The average molecular weight is 215 g/mol. The molecule has 0 spiro atoms. The van der Waals surface area contributed by atoms with Gasteiger partial charge in [-0.1, -0.05) is 0 Å². The second-order valence-corrected chi connectivity index (χ2v) is 5.56. The van der Waals surface area contributed by atoms with Crippen LogP contribution in [0.1, 0.15) is 20.8 Å². The molecule has 0 nitrogen and oxygen atoms in total. The topological polar surface area (TPSA) is 0 Å². The Kier molecular flexibility index (Phi) is 11.2. The Morgan fingerprint density at radius 2 is 2.10 bits per heavy atom. The van der Waals surface area contributed by atoms with E-state index >= 15 is 0 Å². The van der Waals surface area contributed by atoms with Crippen LogP contribution in [0.15, 0.2) is 9.88 Å². The van der Waals surface area contributed by atoms with Crippen molar-refractivity contribution in [2.45, 2.75) is 26.1 Å². The van der Waals surface area contributed by atoms with Gasteiger partial charge in [0.1, 0.15) is 0 Å². The van der Waals surface area contributed by atoms with Crippen LogP contribution in [0.5, 0.6) is 0 Å². The molecule has 0 unspecified atom stereocenters. The van der Waals surface area contributed by atoms with Crippen LogP contribution in [0.25, 0.3) is 0 Å². The zero-order valence-corrected chi connectivity index (χ0v) is 9.71. The van der Waals surface area contributed by atoms with Gasteiger partial charge in [-0.2, -0.15) is 0 Å². The summed E-state index contributed by atoms with van der Waals surface area (Å²) < 4.78 is 1.16. The molecule has 0 heterocycles. The number of hydrogen-bond donors (Lipinski definition) is 0. The molecular formula is C7H13LiSSe. The summed E-state index contributed by atoms with van der Waals surface area (Å²) in [5.74, 6) is 0.808. The van der Waals surface area contributed by atoms with Crippen molar-refractivity contribution in [2.75, 3.05) is 0 Å². The minimum atomic E-state index is 0. The predicted molar refractivity (Wildman–Crippen MR) is 46.5 cm³/mol. The van der Waals surface area contributed by atoms with Gasteiger partial charge in [0, 0.05) is 0 Å². The molecule has 0 aromatic heterocycles. The Morgan fingerprint density at radius 1 is 1.60 bits per heavy atom. The van der Waals surface area contributed by atoms with E-state index in [1.54, 1.807) is 0 Å². The van der Waals surface area contributed by atoms with Crippen molar-refractivity contribution in [1.82, 2.24) is 0 Å². The SMILES string of the molecule is C/C=C(\[S-])[Se]CC(C)C.[Li+]. The Balaban J connectivity index is 0. The smallest absolute Gasteiger partial charge is 1.00 e. The molecule has 0 bridgehead atoms. The summed E-state index contributed by atoms with van der Waals surface area (Å²) in [6.07, 6.45) is 2.04. The van der Waals surface area contributed by atoms with Crippen LogP contribution in [-0.4, -0.2) is 15.0 Å². The number of allylic oxidation sites excluding steroid dienone is 1. The van der Waals surface area contributed by atoms with Gasteiger partial charge in [0.2, 0.25) is 0 Å². The second kappa shape index (κ2) is 8.18. The van der Waals surface area contributed by atoms with Crippen molar-refractivity contribution in [3.05, 3.63) is 9.88 Å². The van der Waals surface area contributed by atoms with E-state index in [9.17, 15) is 0 Å². The summed E-state index contributed by atoms with van der Waals surface area (Å²) in [4.78, 5) is 0. The van der Waals surface area contributed by atoms with Crippen molar-refractivity contribution in [1.29, 1.82) is 0 Å². The van der Waals surface area contributed by atoms with E-state index in [1.165, 1.54) is 5.32 Å². The number of rotatable bonds is 3. The average Bonchev–Trinajstić information content (AvgIpc) is 1.83. The molecule has 0 amide bonds. The molecule has 0 N–H and O–H groups in total. The molecule has 0 aliphatic heterocycles. The molecule has 10 heavy (non-hydrogen) atoms. The van der Waals surface area contributed by atoms with E-state index < -0.39 is 0 Å². The Hall–Kier alpha value is 1.08. The molecule has 3 heteroatoms. The fraction of sp³-hybridized carbons (Fsp3) is 0.714. The molecule has 0 aliphatic carbocycles. The Labute approximate surface area is 88.0 Å². The molecule has 0 radical (unpaired) electrons. The maximum absolute atomic E-state index is 5.05. The first-order chi connectivity index (χ1) is 4.16. The van der Waals surface area contributed by atoms with Gasteiger partial charge in [-0.05, 0) is 0 Å². The van der Waals surface area contributed by atoms with Crippen molar-refractivity contribution < 1.29 is 18.9 Å². The van der Waals surface area contributed by atoms with Crippen LogP contribution in [0.4, 0.5) is 0 Å². The Morgan fingerprint density at radius 3 is 2.40 bits per heavy atom. The van der Waals surface area contributed by atoms with Gasteiger partial charge < -0.3 is 0 Å². The second-order valence-electron chi connectivity index (χ2n) is 2.31. The van der Waals surface area contributed by atoms with Crippen LogP contribution in [-0.2, 0) is 12.6 Å². The van der Waals surface area contributed by atoms with Crippen molar-refractivity contribution in [3.8, 4) is 0 Å². The summed E-state index contributed by atoms with van der Waals surface area (Å²) in [5.41, 5.74) is 0. The maximum atomic E-state index is 5.05. The monoisotopic (exact) mass is 216 g/mol. The van der Waals surface area contributed by atoms with Gasteiger partial charge in [0.05, 0.1) is 0 Å². The van der Waals surface area contributed by atoms with E-state index in [0.29, 0.717) is 15.0 Å². The van der Waals surface area contributed by atoms with Crippen molar-refractivity contribution in [3.63, 3.8) is 0 Å². The van der Waals surface area contributed by atoms with Gasteiger partial charge in [0.15, 0.2) is 0 Å². The third-order valence-corrected chi connectivity index (χ3v) is 4.48. The largest absolute Gasteiger partial charge is 1.00 e. The summed E-state index contributed by atoms with van der Waals surface area (Å²) in [6.45, 7) is 6.49. The minimum Gasteiger partial charge on any atom is 1.00 e. The normalized spacial score (nSPS) is 11.4. The molecule has 54 valence electrons. The third kappa shape index (κ3) is 9.08. The van der Waals surface area contributed by atoms with E-state index in [-0.39, 0.29) is 18.9 Å². The quantitative estimate of drug-likeness (QED) is 0.438. The van der Waals surface area contributed by atoms with Crippen molar-refractivity contribution in [2.24, 2.45) is 5.92 Å². The van der Waals surface area contributed by atoms with Crippen LogP contribution in [0.3, 0.4) is 0 Å². The Bertz CT molecular complexity index is 102. The van der Waals surface area contributed by atoms with Crippen molar-refractivity contribution >= 4 is 27.6 Å². The van der Waals surface area contributed by atoms with E-state index in [1.807, 2.05) is 13.0 Å². The maximum Gasteiger partial charge on any atom is 1.00 e. The van der Waals surface area contributed by atoms with Gasteiger partial charge in [-0.25, -0.2) is 0 Å². The van der Waals surface area contributed by atoms with E-state index in [0.717, 1.165) is 9.72 Å². The van der Waals surface area contributed by atoms with Crippen LogP contribution in [0, 0.1) is 5.92 Å². The molecule has 0 aromatic rings. The molecular weight excluding hydrogens is 202 g/mol. The predicted octanol–water partition coefficient (Wildman–Crippen LogP) is -0.823. The molecule has 0 fully saturated rings. The summed E-state index contributed by atoms with van der Waals surface area (Å²) in [5, 5.41) is 1.29. The van der Waals surface area contributed by atoms with Gasteiger partial charge in [-0.3, -0.25) is 0 Å². The first-order valence-electron chi connectivity index (χ1n) is 3.13. The molecule has 0 aliphatic rings. The first kappa shape index (κ1) is 13.7. The summed E-state index contributed by atoms with van der Waals surface area (Å²) in [7, 11) is 0. The van der Waals surface area contributed by atoms with E-state index in [2.05, 4.69) is 13.8 Å². The summed E-state index contributed by atoms with van der Waals surface area (Å²) >= 11 is 5.63. The first-order valence-corrected chi connectivity index (χ1v) is 5.60. The van der Waals surface area contributed by atoms with Gasteiger partial charge in [0.25, 0.3) is 0 Å². The molecule has 0 saturated carbocycles. The molecule has 0 rings (SSSR count). The van der Waals surface area contributed by atoms with E-state index in [4.69, 9.17) is 12.6 Å². The molecule has 0 saturated heterocycles. The standard InChI is InChI=1S/C7H14SSe.Li/c1-4-7(8)9-5-6(2)3;/h4,6,8H,5H2,1-3H3;/q;+1/p-1/b7-4+;. The fourth-order valence-corrected chi connectivity index (χ4v) is 2.08. The zero-order chi connectivity index (χ0) is 7.28. The minimum absolute atomic E-state index is 0. The fourth-order valence-electron chi connectivity index (χ4n) is 0.332. The number of hydrogen-bond acceptors (Lipinski definition) is 1. The molecule has 0 atom stereocenters. The molecule has 0 aromatic carbocycles. The van der Waals surface area contributed by atoms with Gasteiger partial charge >= 0.3 is 88.3 Å². The van der Waals surface area contributed by atoms with Crippen LogP contribution >= 0.6 is 0 Å². The summed E-state index contributed by atoms with van der Waals surface area (Å²) in [6, 6.07) is 0. The van der Waals surface area contributed by atoms with Crippen LogP contribution in [0.2, 0.25) is 5.32 Å². The van der Waals surface area contributed by atoms with Gasteiger partial charge in [-0.15, -0.1) is 0 Å². The third-order valence-electron chi connectivity index (χ3n) is 0.795. The van der Waals surface area contributed by atoms with Crippen LogP contribution < -0.4 is 18.9 Å².